The van der Waals surface area contributed by atoms with Crippen LogP contribution >= 0.6 is 0 Å². The number of ketones is 2. The highest BCUT2D eigenvalue weighted by Gasteiger charge is 2.29. The fourth-order valence-electron chi connectivity index (χ4n) is 2.43. The van der Waals surface area contributed by atoms with Gasteiger partial charge in [-0.25, -0.2) is 0 Å². The summed E-state index contributed by atoms with van der Waals surface area (Å²) in [4.78, 5) is 24.4. The zero-order valence-electron chi connectivity index (χ0n) is 12.7. The van der Waals surface area contributed by atoms with Crippen LogP contribution < -0.4 is 0 Å². The SMILES string of the molecule is CCCCC1=CC(C(C)C)=C(CCCC)C(=O)C1=O. The van der Waals surface area contributed by atoms with Crippen molar-refractivity contribution in [3.8, 4) is 0 Å². The second-order valence-electron chi connectivity index (χ2n) is 5.62. The molecule has 0 amide bonds. The van der Waals surface area contributed by atoms with Gasteiger partial charge in [0, 0.05) is 11.1 Å². The fourth-order valence-corrected chi connectivity index (χ4v) is 2.43. The van der Waals surface area contributed by atoms with E-state index in [2.05, 4.69) is 27.7 Å². The normalized spacial score (nSPS) is 16.4. The zero-order chi connectivity index (χ0) is 14.4. The first-order valence-corrected chi connectivity index (χ1v) is 7.55. The van der Waals surface area contributed by atoms with Crippen molar-refractivity contribution in [2.24, 2.45) is 5.92 Å². The van der Waals surface area contributed by atoms with Gasteiger partial charge in [-0.2, -0.15) is 0 Å². The lowest BCUT2D eigenvalue weighted by Gasteiger charge is -2.21. The van der Waals surface area contributed by atoms with Crippen molar-refractivity contribution < 1.29 is 9.59 Å². The number of carbonyl (C=O) groups is 2. The van der Waals surface area contributed by atoms with Gasteiger partial charge in [0.2, 0.25) is 11.6 Å². The Hall–Kier alpha value is -1.18. The number of hydrogen-bond acceptors (Lipinski definition) is 2. The van der Waals surface area contributed by atoms with Gasteiger partial charge < -0.3 is 0 Å². The summed E-state index contributed by atoms with van der Waals surface area (Å²) in [7, 11) is 0. The molecular weight excluding hydrogens is 236 g/mol. The Labute approximate surface area is 117 Å². The highest BCUT2D eigenvalue weighted by molar-refractivity contribution is 6.50. The Kier molecular flexibility index (Phi) is 6.20. The van der Waals surface area contributed by atoms with E-state index >= 15 is 0 Å². The molecule has 1 aliphatic rings. The molecule has 2 heteroatoms. The predicted octanol–water partition coefficient (Wildman–Crippen LogP) is 4.40. The van der Waals surface area contributed by atoms with Crippen molar-refractivity contribution in [3.63, 3.8) is 0 Å². The van der Waals surface area contributed by atoms with Crippen molar-refractivity contribution >= 4 is 11.6 Å². The minimum absolute atomic E-state index is 0.245. The van der Waals surface area contributed by atoms with E-state index < -0.39 is 0 Å². The van der Waals surface area contributed by atoms with Crippen molar-refractivity contribution in [1.29, 1.82) is 0 Å². The van der Waals surface area contributed by atoms with Crippen LogP contribution in [0.4, 0.5) is 0 Å². The summed E-state index contributed by atoms with van der Waals surface area (Å²) >= 11 is 0. The van der Waals surface area contributed by atoms with Crippen LogP contribution in [-0.2, 0) is 9.59 Å². The molecule has 0 saturated heterocycles. The van der Waals surface area contributed by atoms with Gasteiger partial charge in [0.15, 0.2) is 0 Å². The van der Waals surface area contributed by atoms with Gasteiger partial charge in [0.05, 0.1) is 0 Å². The van der Waals surface area contributed by atoms with Crippen molar-refractivity contribution in [3.05, 3.63) is 22.8 Å². The number of unbranched alkanes of at least 4 members (excludes halogenated alkanes) is 2. The molecule has 19 heavy (non-hydrogen) atoms. The summed E-state index contributed by atoms with van der Waals surface area (Å²) in [5.41, 5.74) is 2.57. The van der Waals surface area contributed by atoms with Crippen LogP contribution in [0.2, 0.25) is 0 Å². The third-order valence-corrected chi connectivity index (χ3v) is 3.65. The highest BCUT2D eigenvalue weighted by atomic mass is 16.2. The van der Waals surface area contributed by atoms with Crippen LogP contribution in [0.25, 0.3) is 0 Å². The summed E-state index contributed by atoms with van der Waals surface area (Å²) in [6.07, 6.45) is 7.51. The maximum atomic E-state index is 12.3. The van der Waals surface area contributed by atoms with Gasteiger partial charge in [0.1, 0.15) is 0 Å². The van der Waals surface area contributed by atoms with E-state index in [-0.39, 0.29) is 11.6 Å². The van der Waals surface area contributed by atoms with Crippen LogP contribution in [0.3, 0.4) is 0 Å². The first-order valence-electron chi connectivity index (χ1n) is 7.55. The second kappa shape index (κ2) is 7.42. The van der Waals surface area contributed by atoms with E-state index in [0.29, 0.717) is 5.92 Å². The molecular formula is C17H26O2. The summed E-state index contributed by atoms with van der Waals surface area (Å²) in [6.45, 7) is 8.39. The van der Waals surface area contributed by atoms with Gasteiger partial charge in [-0.15, -0.1) is 0 Å². The first kappa shape index (κ1) is 15.9. The molecule has 0 aliphatic heterocycles. The van der Waals surface area contributed by atoms with Gasteiger partial charge in [0.25, 0.3) is 0 Å². The van der Waals surface area contributed by atoms with E-state index in [9.17, 15) is 9.59 Å². The molecule has 2 nitrogen and oxygen atoms in total. The third-order valence-electron chi connectivity index (χ3n) is 3.65. The van der Waals surface area contributed by atoms with Crippen molar-refractivity contribution in [1.82, 2.24) is 0 Å². The van der Waals surface area contributed by atoms with Crippen LogP contribution in [0.1, 0.15) is 66.2 Å². The van der Waals surface area contributed by atoms with Crippen LogP contribution in [-0.4, -0.2) is 11.6 Å². The Morgan fingerprint density at radius 2 is 1.53 bits per heavy atom. The van der Waals surface area contributed by atoms with E-state index in [1.165, 1.54) is 0 Å². The molecule has 0 aromatic carbocycles. The van der Waals surface area contributed by atoms with Gasteiger partial charge in [-0.3, -0.25) is 9.59 Å². The van der Waals surface area contributed by atoms with E-state index in [1.807, 2.05) is 6.08 Å². The molecule has 0 spiro atoms. The minimum Gasteiger partial charge on any atom is -0.285 e. The molecule has 0 radical (unpaired) electrons. The van der Waals surface area contributed by atoms with Crippen LogP contribution in [0.15, 0.2) is 22.8 Å². The summed E-state index contributed by atoms with van der Waals surface area (Å²) in [5.74, 6) is -0.199. The van der Waals surface area contributed by atoms with E-state index in [4.69, 9.17) is 0 Å². The summed E-state index contributed by atoms with van der Waals surface area (Å²) in [6, 6.07) is 0. The van der Waals surface area contributed by atoms with Gasteiger partial charge in [-0.1, -0.05) is 46.6 Å². The standard InChI is InChI=1S/C17H26O2/c1-5-7-9-13-11-15(12(3)4)14(10-8-6-2)17(19)16(13)18/h11-12H,5-10H2,1-4H3. The molecule has 0 aromatic rings. The Morgan fingerprint density at radius 1 is 0.947 bits per heavy atom. The van der Waals surface area contributed by atoms with Crippen LogP contribution in [0.5, 0.6) is 0 Å². The Bertz CT molecular complexity index is 411. The monoisotopic (exact) mass is 262 g/mol. The fraction of sp³-hybridized carbons (Fsp3) is 0.647. The third kappa shape index (κ3) is 3.89. The molecule has 0 N–H and O–H groups in total. The lowest BCUT2D eigenvalue weighted by atomic mass is 9.81. The summed E-state index contributed by atoms with van der Waals surface area (Å²) in [5, 5.41) is 0. The topological polar surface area (TPSA) is 34.1 Å². The molecule has 1 aliphatic carbocycles. The lowest BCUT2D eigenvalue weighted by Crippen LogP contribution is -2.25. The van der Waals surface area contributed by atoms with Crippen molar-refractivity contribution in [2.75, 3.05) is 0 Å². The molecule has 0 atom stereocenters. The Morgan fingerprint density at radius 3 is 2.05 bits per heavy atom. The highest BCUT2D eigenvalue weighted by Crippen LogP contribution is 2.29. The van der Waals surface area contributed by atoms with Gasteiger partial charge >= 0.3 is 0 Å². The number of carbonyl (C=O) groups excluding carboxylic acids is 2. The average molecular weight is 262 g/mol. The smallest absolute Gasteiger partial charge is 0.229 e. The summed E-state index contributed by atoms with van der Waals surface area (Å²) < 4.78 is 0. The van der Waals surface area contributed by atoms with Crippen LogP contribution in [0, 0.1) is 5.92 Å². The second-order valence-corrected chi connectivity index (χ2v) is 5.62. The maximum absolute atomic E-state index is 12.3. The zero-order valence-corrected chi connectivity index (χ0v) is 12.7. The minimum atomic E-state index is -0.260. The molecule has 0 saturated carbocycles. The largest absolute Gasteiger partial charge is 0.285 e. The van der Waals surface area contributed by atoms with E-state index in [1.54, 1.807) is 0 Å². The molecule has 0 aromatic heterocycles. The van der Waals surface area contributed by atoms with Crippen molar-refractivity contribution in [2.45, 2.75) is 66.2 Å². The molecule has 0 unspecified atom stereocenters. The number of rotatable bonds is 7. The van der Waals surface area contributed by atoms with E-state index in [0.717, 1.165) is 55.2 Å². The first-order chi connectivity index (χ1) is 9.02. The Balaban J connectivity index is 3.08. The van der Waals surface area contributed by atoms with Gasteiger partial charge in [-0.05, 0) is 37.2 Å². The molecule has 106 valence electrons. The quantitative estimate of drug-likeness (QED) is 0.503. The molecule has 1 rings (SSSR count). The number of hydrogen-bond donors (Lipinski definition) is 0. The average Bonchev–Trinajstić information content (AvgIpc) is 2.38. The molecule has 0 heterocycles. The molecule has 0 bridgehead atoms. The number of Topliss-reactive ketones (excluding diaryl/α,β-unsaturated/α-hetero) is 2. The maximum Gasteiger partial charge on any atom is 0.229 e. The molecule has 0 fully saturated rings. The predicted molar refractivity (Wildman–Crippen MR) is 79.0 cm³/mol. The lowest BCUT2D eigenvalue weighted by molar-refractivity contribution is -0.132. The number of allylic oxidation sites excluding steroid dienone is 4.